The highest BCUT2D eigenvalue weighted by Gasteiger charge is 2.21. The monoisotopic (exact) mass is 426 g/mol. The lowest BCUT2D eigenvalue weighted by Gasteiger charge is -2.09. The summed E-state index contributed by atoms with van der Waals surface area (Å²) in [4.78, 5) is 4.28. The molecule has 152 valence electrons. The molecule has 1 fully saturated rings. The highest BCUT2D eigenvalue weighted by Crippen LogP contribution is 2.31. The number of nitrogens with zero attached hydrogens (tertiary/aromatic N) is 7. The van der Waals surface area contributed by atoms with Crippen LogP contribution in [0.3, 0.4) is 0 Å². The van der Waals surface area contributed by atoms with E-state index >= 15 is 0 Å². The van der Waals surface area contributed by atoms with Gasteiger partial charge < -0.3 is 10.5 Å². The van der Waals surface area contributed by atoms with E-state index in [4.69, 9.17) is 22.1 Å². The lowest BCUT2D eigenvalue weighted by Crippen LogP contribution is -2.08. The summed E-state index contributed by atoms with van der Waals surface area (Å²) in [7, 11) is 0. The van der Waals surface area contributed by atoms with Crippen molar-refractivity contribution in [2.45, 2.75) is 12.5 Å². The molecule has 5 rings (SSSR count). The zero-order valence-electron chi connectivity index (χ0n) is 15.6. The average molecular weight is 427 g/mol. The Labute approximate surface area is 175 Å². The number of halogens is 2. The van der Waals surface area contributed by atoms with Crippen molar-refractivity contribution in [1.29, 1.82) is 0 Å². The molecule has 4 aromatic rings. The van der Waals surface area contributed by atoms with E-state index in [1.54, 1.807) is 24.5 Å². The second kappa shape index (κ2) is 7.47. The molecular weight excluding hydrogens is 411 g/mol. The van der Waals surface area contributed by atoms with E-state index < -0.39 is 5.82 Å². The smallest absolute Gasteiger partial charge is 0.190 e. The molecule has 0 spiro atoms. The summed E-state index contributed by atoms with van der Waals surface area (Å²) in [6, 6.07) is 6.62. The van der Waals surface area contributed by atoms with E-state index in [1.807, 2.05) is 10.9 Å². The number of nitrogen functional groups attached to an aromatic ring is 1. The number of tetrazole rings is 1. The summed E-state index contributed by atoms with van der Waals surface area (Å²) in [5, 5.41) is 16.0. The van der Waals surface area contributed by atoms with Gasteiger partial charge in [0.1, 0.15) is 11.5 Å². The summed E-state index contributed by atoms with van der Waals surface area (Å²) in [6.07, 6.45) is 6.27. The second-order valence-corrected chi connectivity index (χ2v) is 7.28. The van der Waals surface area contributed by atoms with Crippen molar-refractivity contribution in [3.63, 3.8) is 0 Å². The molecule has 0 saturated carbocycles. The van der Waals surface area contributed by atoms with Crippen LogP contribution in [0.5, 0.6) is 0 Å². The van der Waals surface area contributed by atoms with Gasteiger partial charge in [-0.2, -0.15) is 9.78 Å². The lowest BCUT2D eigenvalue weighted by atomic mass is 10.1. The Balaban J connectivity index is 1.56. The fourth-order valence-corrected chi connectivity index (χ4v) is 3.57. The van der Waals surface area contributed by atoms with E-state index in [1.165, 1.54) is 16.8 Å². The molecule has 1 saturated heterocycles. The first-order valence-corrected chi connectivity index (χ1v) is 9.60. The summed E-state index contributed by atoms with van der Waals surface area (Å²) < 4.78 is 23.1. The summed E-state index contributed by atoms with van der Waals surface area (Å²) in [5.41, 5.74) is 8.33. The van der Waals surface area contributed by atoms with Crippen LogP contribution in [-0.2, 0) is 4.74 Å². The van der Waals surface area contributed by atoms with Crippen LogP contribution in [0.25, 0.3) is 28.2 Å². The highest BCUT2D eigenvalue weighted by atomic mass is 35.5. The Morgan fingerprint density at radius 2 is 2.13 bits per heavy atom. The molecule has 0 amide bonds. The number of hydrogen-bond acceptors (Lipinski definition) is 7. The fraction of sp³-hybridized carbons (Fsp3) is 0.211. The minimum absolute atomic E-state index is 0.0305. The van der Waals surface area contributed by atoms with Gasteiger partial charge in [-0.3, -0.25) is 4.68 Å². The van der Waals surface area contributed by atoms with Gasteiger partial charge in [0.25, 0.3) is 0 Å². The van der Waals surface area contributed by atoms with Crippen LogP contribution >= 0.6 is 11.6 Å². The van der Waals surface area contributed by atoms with Crippen molar-refractivity contribution in [1.82, 2.24) is 35.0 Å². The third kappa shape index (κ3) is 3.19. The van der Waals surface area contributed by atoms with Gasteiger partial charge in [0.2, 0.25) is 0 Å². The number of benzene rings is 1. The quantitative estimate of drug-likeness (QED) is 0.534. The van der Waals surface area contributed by atoms with Gasteiger partial charge in [-0.05, 0) is 35.0 Å². The SMILES string of the molecule is Nc1ncc(-c2cnn([C@@H]3CCOC3)c2)cc1-c1nnnn1-c1cccc(Cl)c1F. The molecule has 2 N–H and O–H groups in total. The number of nitrogens with two attached hydrogens (primary N) is 1. The Bertz CT molecular complexity index is 1220. The van der Waals surface area contributed by atoms with Gasteiger partial charge in [0.05, 0.1) is 29.4 Å². The predicted molar refractivity (Wildman–Crippen MR) is 107 cm³/mol. The first kappa shape index (κ1) is 18.6. The van der Waals surface area contributed by atoms with E-state index in [-0.39, 0.29) is 28.4 Å². The maximum atomic E-state index is 14.5. The number of ether oxygens (including phenoxy) is 1. The third-order valence-electron chi connectivity index (χ3n) is 5.00. The number of aromatic nitrogens is 7. The molecule has 3 aromatic heterocycles. The minimum Gasteiger partial charge on any atom is -0.383 e. The Morgan fingerprint density at radius 1 is 1.23 bits per heavy atom. The predicted octanol–water partition coefficient (Wildman–Crippen LogP) is 2.92. The Kier molecular flexibility index (Phi) is 4.64. The van der Waals surface area contributed by atoms with Crippen molar-refractivity contribution in [3.8, 4) is 28.2 Å². The van der Waals surface area contributed by atoms with Crippen LogP contribution in [0.4, 0.5) is 10.2 Å². The van der Waals surface area contributed by atoms with E-state index in [0.29, 0.717) is 12.2 Å². The van der Waals surface area contributed by atoms with E-state index in [9.17, 15) is 4.39 Å². The zero-order valence-corrected chi connectivity index (χ0v) is 16.4. The van der Waals surface area contributed by atoms with Crippen molar-refractivity contribution >= 4 is 17.4 Å². The molecular formula is C19H16ClFN8O. The molecule has 11 heteroatoms. The Morgan fingerprint density at radius 3 is 2.97 bits per heavy atom. The number of pyridine rings is 1. The largest absolute Gasteiger partial charge is 0.383 e. The molecule has 0 radical (unpaired) electrons. The van der Waals surface area contributed by atoms with E-state index in [0.717, 1.165) is 24.2 Å². The molecule has 1 aromatic carbocycles. The molecule has 0 unspecified atom stereocenters. The zero-order chi connectivity index (χ0) is 20.7. The van der Waals surface area contributed by atoms with Crippen LogP contribution in [0.1, 0.15) is 12.5 Å². The molecule has 9 nitrogen and oxygen atoms in total. The van der Waals surface area contributed by atoms with Gasteiger partial charge >= 0.3 is 0 Å². The Hall–Kier alpha value is -3.37. The van der Waals surface area contributed by atoms with Crippen LogP contribution in [0, 0.1) is 5.82 Å². The molecule has 1 aliphatic heterocycles. The molecule has 0 bridgehead atoms. The van der Waals surface area contributed by atoms with Crippen molar-refractivity contribution in [3.05, 3.63) is 53.7 Å². The standard InChI is InChI=1S/C19H16ClFN8O/c20-15-2-1-3-16(17(15)21)29-19(25-26-27-29)14-6-11(7-23-18(14)22)12-8-24-28(9-12)13-4-5-30-10-13/h1-3,6-9,13H,4-5,10H2,(H2,22,23)/t13-/m1/s1. The number of anilines is 1. The first-order chi connectivity index (χ1) is 14.6. The highest BCUT2D eigenvalue weighted by molar-refractivity contribution is 6.30. The summed E-state index contributed by atoms with van der Waals surface area (Å²) in [6.45, 7) is 1.38. The second-order valence-electron chi connectivity index (χ2n) is 6.87. The van der Waals surface area contributed by atoms with Crippen LogP contribution in [-0.4, -0.2) is 48.2 Å². The third-order valence-corrected chi connectivity index (χ3v) is 5.29. The minimum atomic E-state index is -0.629. The van der Waals surface area contributed by atoms with Crippen LogP contribution in [0.15, 0.2) is 42.9 Å². The van der Waals surface area contributed by atoms with Crippen LogP contribution in [0.2, 0.25) is 5.02 Å². The van der Waals surface area contributed by atoms with Crippen molar-refractivity contribution < 1.29 is 9.13 Å². The average Bonchev–Trinajstić information content (AvgIpc) is 3.51. The van der Waals surface area contributed by atoms with Crippen molar-refractivity contribution in [2.75, 3.05) is 18.9 Å². The molecule has 1 atom stereocenters. The van der Waals surface area contributed by atoms with Gasteiger partial charge in [0.15, 0.2) is 11.6 Å². The molecule has 4 heterocycles. The van der Waals surface area contributed by atoms with Crippen molar-refractivity contribution in [2.24, 2.45) is 0 Å². The maximum Gasteiger partial charge on any atom is 0.190 e. The molecule has 30 heavy (non-hydrogen) atoms. The normalized spacial score (nSPS) is 16.3. The summed E-state index contributed by atoms with van der Waals surface area (Å²) in [5.74, 6) is -0.163. The van der Waals surface area contributed by atoms with Crippen LogP contribution < -0.4 is 5.73 Å². The maximum absolute atomic E-state index is 14.5. The summed E-state index contributed by atoms with van der Waals surface area (Å²) >= 11 is 5.91. The lowest BCUT2D eigenvalue weighted by molar-refractivity contribution is 0.184. The van der Waals surface area contributed by atoms with Gasteiger partial charge in [0, 0.05) is 30.1 Å². The number of rotatable bonds is 4. The van der Waals surface area contributed by atoms with Gasteiger partial charge in [-0.1, -0.05) is 17.7 Å². The van der Waals surface area contributed by atoms with Gasteiger partial charge in [-0.25, -0.2) is 9.37 Å². The van der Waals surface area contributed by atoms with E-state index in [2.05, 4.69) is 25.6 Å². The fourth-order valence-electron chi connectivity index (χ4n) is 3.40. The topological polar surface area (TPSA) is 110 Å². The molecule has 0 aliphatic carbocycles. The number of hydrogen-bond donors (Lipinski definition) is 1. The van der Waals surface area contributed by atoms with Gasteiger partial charge in [-0.15, -0.1) is 5.10 Å². The molecule has 1 aliphatic rings. The first-order valence-electron chi connectivity index (χ1n) is 9.23.